The molecule has 0 saturated heterocycles. The highest BCUT2D eigenvalue weighted by Crippen LogP contribution is 2.38. The minimum absolute atomic E-state index is 0.653. The molecule has 0 spiro atoms. The summed E-state index contributed by atoms with van der Waals surface area (Å²) in [6, 6.07) is 14.2. The SMILES string of the molecule is CCOc1ccc2c(c1)sc1nc(-c3cccc(OC)c3)c(NCCCOC)n12. The highest BCUT2D eigenvalue weighted by Gasteiger charge is 2.19. The van der Waals surface area contributed by atoms with Gasteiger partial charge in [0.25, 0.3) is 0 Å². The molecule has 0 aliphatic carbocycles. The number of rotatable bonds is 9. The third kappa shape index (κ3) is 3.88. The molecule has 0 bridgehead atoms. The molecule has 29 heavy (non-hydrogen) atoms. The van der Waals surface area contributed by atoms with Gasteiger partial charge in [0.2, 0.25) is 0 Å². The second-order valence-electron chi connectivity index (χ2n) is 6.60. The Kier molecular flexibility index (Phi) is 5.87. The van der Waals surface area contributed by atoms with Gasteiger partial charge < -0.3 is 19.5 Å². The largest absolute Gasteiger partial charge is 0.497 e. The molecule has 0 atom stereocenters. The van der Waals surface area contributed by atoms with Crippen LogP contribution in [0.2, 0.25) is 0 Å². The van der Waals surface area contributed by atoms with Gasteiger partial charge in [0.15, 0.2) is 4.96 Å². The van der Waals surface area contributed by atoms with E-state index in [0.717, 1.165) is 56.7 Å². The number of imidazole rings is 1. The van der Waals surface area contributed by atoms with Crippen molar-refractivity contribution in [2.75, 3.05) is 39.3 Å². The lowest BCUT2D eigenvalue weighted by Crippen LogP contribution is -2.07. The van der Waals surface area contributed by atoms with Crippen LogP contribution in [0.25, 0.3) is 26.4 Å². The molecule has 0 saturated carbocycles. The van der Waals surface area contributed by atoms with Crippen molar-refractivity contribution in [2.24, 2.45) is 0 Å². The Morgan fingerprint density at radius 1 is 1.10 bits per heavy atom. The van der Waals surface area contributed by atoms with E-state index in [1.54, 1.807) is 25.6 Å². The van der Waals surface area contributed by atoms with Gasteiger partial charge in [-0.05, 0) is 43.7 Å². The summed E-state index contributed by atoms with van der Waals surface area (Å²) >= 11 is 1.66. The molecule has 0 aliphatic heterocycles. The minimum Gasteiger partial charge on any atom is -0.497 e. The molecule has 2 heterocycles. The monoisotopic (exact) mass is 411 g/mol. The zero-order chi connectivity index (χ0) is 20.2. The molecule has 0 unspecified atom stereocenters. The normalized spacial score (nSPS) is 11.3. The Bertz CT molecular complexity index is 1120. The van der Waals surface area contributed by atoms with Crippen molar-refractivity contribution in [1.82, 2.24) is 9.38 Å². The van der Waals surface area contributed by atoms with Gasteiger partial charge in [-0.25, -0.2) is 4.98 Å². The van der Waals surface area contributed by atoms with E-state index in [4.69, 9.17) is 19.2 Å². The van der Waals surface area contributed by atoms with Crippen LogP contribution in [-0.4, -0.2) is 43.4 Å². The third-order valence-electron chi connectivity index (χ3n) is 4.69. The third-order valence-corrected chi connectivity index (χ3v) is 5.70. The summed E-state index contributed by atoms with van der Waals surface area (Å²) in [6.45, 7) is 4.16. The zero-order valence-electron chi connectivity index (χ0n) is 16.9. The van der Waals surface area contributed by atoms with Crippen molar-refractivity contribution >= 4 is 32.3 Å². The van der Waals surface area contributed by atoms with Gasteiger partial charge in [-0.3, -0.25) is 4.40 Å². The molecule has 2 aromatic heterocycles. The Balaban J connectivity index is 1.83. The second-order valence-corrected chi connectivity index (χ2v) is 7.61. The molecule has 0 fully saturated rings. The summed E-state index contributed by atoms with van der Waals surface area (Å²) in [5.41, 5.74) is 3.06. The maximum absolute atomic E-state index is 5.66. The van der Waals surface area contributed by atoms with E-state index in [2.05, 4.69) is 27.9 Å². The molecular formula is C22H25N3O3S. The average Bonchev–Trinajstić information content (AvgIpc) is 3.27. The summed E-state index contributed by atoms with van der Waals surface area (Å²) in [5, 5.41) is 3.58. The van der Waals surface area contributed by atoms with E-state index in [9.17, 15) is 0 Å². The first-order valence-electron chi connectivity index (χ1n) is 9.70. The summed E-state index contributed by atoms with van der Waals surface area (Å²) < 4.78 is 19.6. The molecule has 4 rings (SSSR count). The van der Waals surface area contributed by atoms with Crippen LogP contribution < -0.4 is 14.8 Å². The number of hydrogen-bond donors (Lipinski definition) is 1. The Labute approximate surface area is 174 Å². The molecule has 2 aromatic carbocycles. The van der Waals surface area contributed by atoms with Crippen molar-refractivity contribution < 1.29 is 14.2 Å². The molecule has 4 aromatic rings. The number of methoxy groups -OCH3 is 2. The first-order valence-corrected chi connectivity index (χ1v) is 10.5. The predicted octanol–water partition coefficient (Wildman–Crippen LogP) is 5.07. The molecular weight excluding hydrogens is 386 g/mol. The number of nitrogens with zero attached hydrogens (tertiary/aromatic N) is 2. The maximum Gasteiger partial charge on any atom is 0.197 e. The lowest BCUT2D eigenvalue weighted by Gasteiger charge is -2.10. The van der Waals surface area contributed by atoms with Crippen molar-refractivity contribution in [3.63, 3.8) is 0 Å². The summed E-state index contributed by atoms with van der Waals surface area (Å²) in [4.78, 5) is 5.91. The van der Waals surface area contributed by atoms with Gasteiger partial charge in [0, 0.05) is 25.8 Å². The van der Waals surface area contributed by atoms with Gasteiger partial charge in [-0.2, -0.15) is 0 Å². The molecule has 6 nitrogen and oxygen atoms in total. The van der Waals surface area contributed by atoms with Crippen LogP contribution in [0.3, 0.4) is 0 Å². The molecule has 0 radical (unpaired) electrons. The fourth-order valence-corrected chi connectivity index (χ4v) is 4.42. The van der Waals surface area contributed by atoms with Crippen molar-refractivity contribution in [3.8, 4) is 22.8 Å². The smallest absolute Gasteiger partial charge is 0.197 e. The standard InChI is InChI=1S/C22H25N3O3S/c1-4-28-17-9-10-18-19(14-17)29-22-24-20(15-7-5-8-16(13-15)27-3)21(25(18)22)23-11-6-12-26-2/h5,7-10,13-14,23H,4,6,11-12H2,1-3H3. The number of hydrogen-bond acceptors (Lipinski definition) is 6. The molecule has 1 N–H and O–H groups in total. The van der Waals surface area contributed by atoms with Crippen LogP contribution in [0.5, 0.6) is 11.5 Å². The number of nitrogens with one attached hydrogen (secondary N) is 1. The predicted molar refractivity (Wildman–Crippen MR) is 119 cm³/mol. The van der Waals surface area contributed by atoms with Gasteiger partial charge in [0.1, 0.15) is 23.0 Å². The molecule has 0 aliphatic rings. The lowest BCUT2D eigenvalue weighted by atomic mass is 10.1. The number of fused-ring (bicyclic) bond motifs is 3. The molecule has 7 heteroatoms. The minimum atomic E-state index is 0.653. The number of benzene rings is 2. The fourth-order valence-electron chi connectivity index (χ4n) is 3.37. The van der Waals surface area contributed by atoms with Gasteiger partial charge in [0.05, 0.1) is 23.9 Å². The highest BCUT2D eigenvalue weighted by molar-refractivity contribution is 7.23. The van der Waals surface area contributed by atoms with Crippen LogP contribution in [0.1, 0.15) is 13.3 Å². The fraction of sp³-hybridized carbons (Fsp3) is 0.318. The van der Waals surface area contributed by atoms with E-state index >= 15 is 0 Å². The van der Waals surface area contributed by atoms with Gasteiger partial charge >= 0.3 is 0 Å². The summed E-state index contributed by atoms with van der Waals surface area (Å²) in [7, 11) is 3.40. The lowest BCUT2D eigenvalue weighted by molar-refractivity contribution is 0.198. The van der Waals surface area contributed by atoms with E-state index in [1.165, 1.54) is 0 Å². The van der Waals surface area contributed by atoms with Crippen molar-refractivity contribution in [3.05, 3.63) is 42.5 Å². The van der Waals surface area contributed by atoms with E-state index in [0.29, 0.717) is 13.2 Å². The number of anilines is 1. The summed E-state index contributed by atoms with van der Waals surface area (Å²) in [6.07, 6.45) is 0.915. The van der Waals surface area contributed by atoms with Crippen LogP contribution in [0, 0.1) is 0 Å². The van der Waals surface area contributed by atoms with Crippen LogP contribution >= 0.6 is 11.3 Å². The Morgan fingerprint density at radius 3 is 2.79 bits per heavy atom. The first kappa shape index (κ1) is 19.5. The quantitative estimate of drug-likeness (QED) is 0.390. The summed E-state index contributed by atoms with van der Waals surface area (Å²) in [5.74, 6) is 2.68. The average molecular weight is 412 g/mol. The van der Waals surface area contributed by atoms with E-state index in [-0.39, 0.29) is 0 Å². The van der Waals surface area contributed by atoms with Crippen LogP contribution in [0.4, 0.5) is 5.82 Å². The first-order chi connectivity index (χ1) is 14.2. The topological polar surface area (TPSA) is 57.0 Å². The molecule has 0 amide bonds. The second kappa shape index (κ2) is 8.71. The maximum atomic E-state index is 5.66. The van der Waals surface area contributed by atoms with E-state index < -0.39 is 0 Å². The number of thiazole rings is 1. The highest BCUT2D eigenvalue weighted by atomic mass is 32.1. The van der Waals surface area contributed by atoms with E-state index in [1.807, 2.05) is 31.2 Å². The Morgan fingerprint density at radius 2 is 2.00 bits per heavy atom. The van der Waals surface area contributed by atoms with Crippen molar-refractivity contribution in [2.45, 2.75) is 13.3 Å². The zero-order valence-corrected chi connectivity index (χ0v) is 17.7. The van der Waals surface area contributed by atoms with Crippen LogP contribution in [0.15, 0.2) is 42.5 Å². The van der Waals surface area contributed by atoms with Crippen LogP contribution in [-0.2, 0) is 4.74 Å². The van der Waals surface area contributed by atoms with Crippen molar-refractivity contribution in [1.29, 1.82) is 0 Å². The number of aromatic nitrogens is 2. The van der Waals surface area contributed by atoms with Gasteiger partial charge in [-0.15, -0.1) is 0 Å². The Hall–Kier alpha value is -2.77. The molecule has 152 valence electrons. The number of ether oxygens (including phenoxy) is 3. The van der Waals surface area contributed by atoms with Gasteiger partial charge in [-0.1, -0.05) is 23.5 Å².